The van der Waals surface area contributed by atoms with E-state index in [0.29, 0.717) is 22.4 Å². The molecule has 17 heteroatoms. The first-order valence-corrected chi connectivity index (χ1v) is 15.4. The number of rotatable bonds is 8. The van der Waals surface area contributed by atoms with Gasteiger partial charge in [0.15, 0.2) is 11.5 Å². The predicted octanol–water partition coefficient (Wildman–Crippen LogP) is 5.91. The van der Waals surface area contributed by atoms with Gasteiger partial charge in [0, 0.05) is 11.5 Å². The zero-order valence-corrected chi connectivity index (χ0v) is 24.2. The predicted molar refractivity (Wildman–Crippen MR) is 162 cm³/mol. The van der Waals surface area contributed by atoms with Crippen molar-refractivity contribution in [1.82, 2.24) is 0 Å². The molecule has 0 atom stereocenters. The van der Waals surface area contributed by atoms with Gasteiger partial charge in [-0.1, -0.05) is 0 Å². The van der Waals surface area contributed by atoms with Gasteiger partial charge in [0.05, 0.1) is 32.5 Å². The van der Waals surface area contributed by atoms with Crippen molar-refractivity contribution in [3.63, 3.8) is 0 Å². The maximum atomic E-state index is 12.4. The van der Waals surface area contributed by atoms with E-state index >= 15 is 0 Å². The summed E-state index contributed by atoms with van der Waals surface area (Å²) in [5, 5.41) is 41.3. The normalized spacial score (nSPS) is 15.2. The second-order valence-corrected chi connectivity index (χ2v) is 12.1. The monoisotopic (exact) mass is 648 g/mol. The van der Waals surface area contributed by atoms with Crippen molar-refractivity contribution in [3.8, 4) is 5.75 Å². The zero-order chi connectivity index (χ0) is 32.4. The Labute approximate surface area is 254 Å². The summed E-state index contributed by atoms with van der Waals surface area (Å²) in [5.41, 5.74) is 3.60. The number of carbonyl (C=O) groups excluding carboxylic acids is 1. The van der Waals surface area contributed by atoms with E-state index < -0.39 is 36.7 Å². The number of nitrogens with zero attached hydrogens (tertiary/aromatic N) is 5. The molecule has 0 aliphatic heterocycles. The standard InChI is InChI=1S/C28H20N6O9S2/c35-25-12-11-24(33-31-18-3-1-17(2-4-18)29-30-19-5-8-21(9-6-19)44(38,39)40)28(37)27(25)34-32-20-7-10-23-16(13-20)14-22(15-26(23)36)45(41,42)43/h1-15,32,36-37H,(H,38,39,40)(H,41,42,43). The van der Waals surface area contributed by atoms with Crippen molar-refractivity contribution in [2.45, 2.75) is 9.79 Å². The summed E-state index contributed by atoms with van der Waals surface area (Å²) in [5.74, 6) is -1.56. The van der Waals surface area contributed by atoms with Crippen molar-refractivity contribution in [1.29, 1.82) is 0 Å². The highest BCUT2D eigenvalue weighted by Gasteiger charge is 2.22. The number of hydrazone groups is 1. The summed E-state index contributed by atoms with van der Waals surface area (Å²) in [6.45, 7) is 0. The number of hydrogen-bond donors (Lipinski definition) is 5. The molecule has 45 heavy (non-hydrogen) atoms. The molecule has 4 aromatic rings. The summed E-state index contributed by atoms with van der Waals surface area (Å²) in [7, 11) is -8.89. The Hall–Kier alpha value is -5.62. The molecule has 0 amide bonds. The number of aliphatic hydroxyl groups is 1. The molecule has 5 N–H and O–H groups in total. The SMILES string of the molecule is O=C1C=CC(N=Nc2ccc(N=Nc3ccc(S(=O)(=O)O)cc3)cc2)=C(O)C1=NNc1ccc2c(O)cc(S(=O)(=O)O)cc2c1. The molecule has 0 fully saturated rings. The first-order chi connectivity index (χ1) is 21.3. The van der Waals surface area contributed by atoms with Gasteiger partial charge in [-0.25, -0.2) is 0 Å². The average molecular weight is 649 g/mol. The summed E-state index contributed by atoms with van der Waals surface area (Å²) < 4.78 is 63.6. The van der Waals surface area contributed by atoms with E-state index in [4.69, 9.17) is 4.55 Å². The number of carbonyl (C=O) groups is 1. The number of ketones is 1. The van der Waals surface area contributed by atoms with Gasteiger partial charge in [0.25, 0.3) is 20.2 Å². The van der Waals surface area contributed by atoms with Crippen LogP contribution in [0, 0.1) is 0 Å². The number of phenolic OH excluding ortho intramolecular Hbond substituents is 1. The van der Waals surface area contributed by atoms with Gasteiger partial charge in [-0.15, -0.1) is 5.11 Å². The highest BCUT2D eigenvalue weighted by atomic mass is 32.2. The minimum atomic E-state index is -4.58. The lowest BCUT2D eigenvalue weighted by Crippen LogP contribution is -2.20. The first-order valence-electron chi connectivity index (χ1n) is 12.5. The number of anilines is 1. The third-order valence-electron chi connectivity index (χ3n) is 6.13. The van der Waals surface area contributed by atoms with Crippen LogP contribution in [-0.2, 0) is 25.0 Å². The fraction of sp³-hybridized carbons (Fsp3) is 0. The largest absolute Gasteiger partial charge is 0.507 e. The van der Waals surface area contributed by atoms with Crippen molar-refractivity contribution in [2.24, 2.45) is 25.6 Å². The Morgan fingerprint density at radius 1 is 0.622 bits per heavy atom. The number of aromatic hydroxyl groups is 1. The second-order valence-electron chi connectivity index (χ2n) is 9.24. The molecule has 4 aromatic carbocycles. The van der Waals surface area contributed by atoms with Crippen molar-refractivity contribution < 1.29 is 40.9 Å². The molecule has 1 aliphatic carbocycles. The van der Waals surface area contributed by atoms with Gasteiger partial charge >= 0.3 is 0 Å². The molecule has 0 bridgehead atoms. The average Bonchev–Trinajstić information content (AvgIpc) is 2.99. The molecule has 1 aliphatic rings. The number of aliphatic hydroxyl groups excluding tert-OH is 1. The molecule has 228 valence electrons. The molecular formula is C28H20N6O9S2. The number of fused-ring (bicyclic) bond motifs is 1. The first kappa shape index (κ1) is 30.8. The van der Waals surface area contributed by atoms with Gasteiger partial charge in [-0.2, -0.15) is 37.3 Å². The number of azo groups is 2. The van der Waals surface area contributed by atoms with Crippen LogP contribution in [0.25, 0.3) is 10.8 Å². The maximum absolute atomic E-state index is 12.4. The van der Waals surface area contributed by atoms with E-state index in [1.165, 1.54) is 48.5 Å². The van der Waals surface area contributed by atoms with Crippen LogP contribution in [0.1, 0.15) is 0 Å². The van der Waals surface area contributed by atoms with Crippen molar-refractivity contribution in [3.05, 3.63) is 102 Å². The Kier molecular flexibility index (Phi) is 8.34. The molecule has 0 heterocycles. The molecule has 0 spiro atoms. The highest BCUT2D eigenvalue weighted by molar-refractivity contribution is 7.86. The third-order valence-corrected chi connectivity index (χ3v) is 7.83. The van der Waals surface area contributed by atoms with Gasteiger partial charge in [0.1, 0.15) is 11.4 Å². The van der Waals surface area contributed by atoms with Gasteiger partial charge < -0.3 is 10.2 Å². The molecular weight excluding hydrogens is 628 g/mol. The van der Waals surface area contributed by atoms with Gasteiger partial charge in [-0.3, -0.25) is 19.3 Å². The summed E-state index contributed by atoms with van der Waals surface area (Å²) in [4.78, 5) is 11.6. The van der Waals surface area contributed by atoms with E-state index in [1.807, 2.05) is 0 Å². The van der Waals surface area contributed by atoms with Crippen molar-refractivity contribution in [2.75, 3.05) is 5.43 Å². The van der Waals surface area contributed by atoms with Crippen LogP contribution < -0.4 is 5.43 Å². The highest BCUT2D eigenvalue weighted by Crippen LogP contribution is 2.31. The van der Waals surface area contributed by atoms with Crippen LogP contribution in [0.4, 0.5) is 22.7 Å². The topological polar surface area (TPSA) is 240 Å². The van der Waals surface area contributed by atoms with Crippen LogP contribution in [0.3, 0.4) is 0 Å². The van der Waals surface area contributed by atoms with Gasteiger partial charge in [-0.05, 0) is 90.3 Å². The quantitative estimate of drug-likeness (QED) is 0.0654. The minimum Gasteiger partial charge on any atom is -0.507 e. The number of hydrogen-bond acceptors (Lipinski definition) is 13. The Bertz CT molecular complexity index is 2210. The van der Waals surface area contributed by atoms with Crippen LogP contribution >= 0.6 is 0 Å². The van der Waals surface area contributed by atoms with Crippen LogP contribution in [0.5, 0.6) is 5.75 Å². The minimum absolute atomic E-state index is 0.0616. The molecule has 0 radical (unpaired) electrons. The van der Waals surface area contributed by atoms with Crippen LogP contribution in [-0.4, -0.2) is 47.6 Å². The van der Waals surface area contributed by atoms with Crippen LogP contribution in [0.2, 0.25) is 0 Å². The zero-order valence-electron chi connectivity index (χ0n) is 22.5. The Morgan fingerprint density at radius 2 is 1.18 bits per heavy atom. The maximum Gasteiger partial charge on any atom is 0.294 e. The number of benzene rings is 4. The fourth-order valence-electron chi connectivity index (χ4n) is 3.90. The molecule has 0 saturated carbocycles. The lowest BCUT2D eigenvalue weighted by molar-refractivity contribution is -0.109. The van der Waals surface area contributed by atoms with Crippen molar-refractivity contribution >= 4 is 65.3 Å². The fourth-order valence-corrected chi connectivity index (χ4v) is 4.92. The Morgan fingerprint density at radius 3 is 1.76 bits per heavy atom. The summed E-state index contributed by atoms with van der Waals surface area (Å²) in [6.07, 6.45) is 2.39. The Balaban J connectivity index is 1.30. The molecule has 5 rings (SSSR count). The number of allylic oxidation sites excluding steroid dienone is 3. The molecule has 15 nitrogen and oxygen atoms in total. The van der Waals surface area contributed by atoms with Crippen LogP contribution in [0.15, 0.2) is 138 Å². The van der Waals surface area contributed by atoms with E-state index in [-0.39, 0.29) is 33.1 Å². The molecule has 0 saturated heterocycles. The lowest BCUT2D eigenvalue weighted by atomic mass is 10.1. The number of phenols is 1. The second kappa shape index (κ2) is 12.2. The molecule has 0 unspecified atom stereocenters. The van der Waals surface area contributed by atoms with E-state index in [0.717, 1.165) is 18.2 Å². The number of nitrogens with one attached hydrogen (secondary N) is 1. The smallest absolute Gasteiger partial charge is 0.294 e. The van der Waals surface area contributed by atoms with E-state index in [1.54, 1.807) is 24.3 Å². The summed E-state index contributed by atoms with van der Waals surface area (Å²) in [6, 6.07) is 17.9. The van der Waals surface area contributed by atoms with E-state index in [9.17, 15) is 36.4 Å². The molecule has 0 aromatic heterocycles. The summed E-state index contributed by atoms with van der Waals surface area (Å²) >= 11 is 0. The third kappa shape index (κ3) is 7.31. The van der Waals surface area contributed by atoms with Gasteiger partial charge in [0.2, 0.25) is 5.78 Å². The lowest BCUT2D eigenvalue weighted by Gasteiger charge is -2.10. The van der Waals surface area contributed by atoms with E-state index in [2.05, 4.69) is 31.0 Å².